The number of hydrogen-bond acceptors (Lipinski definition) is 8. The molecule has 0 radical (unpaired) electrons. The maximum Gasteiger partial charge on any atom is 0.510 e. The molecule has 3 rings (SSSR count). The third kappa shape index (κ3) is 6.99. The topological polar surface area (TPSA) is 84.7 Å². The summed E-state index contributed by atoms with van der Waals surface area (Å²) in [6, 6.07) is 8.63. The Morgan fingerprint density at radius 1 is 1.24 bits per heavy atom. The molecule has 3 aromatic rings. The van der Waals surface area contributed by atoms with Gasteiger partial charge in [-0.2, -0.15) is 13.2 Å². The summed E-state index contributed by atoms with van der Waals surface area (Å²) >= 11 is 0.924. The van der Waals surface area contributed by atoms with E-state index in [0.29, 0.717) is 21.9 Å². The van der Waals surface area contributed by atoms with Crippen LogP contribution in [0.1, 0.15) is 26.5 Å². The summed E-state index contributed by atoms with van der Waals surface area (Å²) in [4.78, 5) is 20.4. The molecule has 8 nitrogen and oxygen atoms in total. The zero-order valence-electron chi connectivity index (χ0n) is 18.1. The highest BCUT2D eigenvalue weighted by molar-refractivity contribution is 7.94. The lowest BCUT2D eigenvalue weighted by atomic mass is 10.2. The number of pyridine rings is 1. The Labute approximate surface area is 193 Å². The summed E-state index contributed by atoms with van der Waals surface area (Å²) in [7, 11) is 0. The molecule has 0 N–H and O–H groups in total. The second kappa shape index (κ2) is 10.8. The summed E-state index contributed by atoms with van der Waals surface area (Å²) in [5.74, 6) is 0.0789. The van der Waals surface area contributed by atoms with E-state index in [1.54, 1.807) is 31.4 Å². The van der Waals surface area contributed by atoms with Crippen molar-refractivity contribution in [1.82, 2.24) is 14.5 Å². The molecule has 12 heteroatoms. The van der Waals surface area contributed by atoms with Gasteiger partial charge < -0.3 is 18.4 Å². The molecular weight excluding hydrogens is 463 g/mol. The standard InChI is InChI=1S/C21H22F3N3O5S.H2/c1-13(2)32-20(28)30-12-27-17-7-5-4-6-15(17)26-19(27)33-31-10-16-14(3)18(8-9-25-16)29-11-21(22,23)24;/h4-9,13H,10-12H2,1-3H3;1H. The van der Waals surface area contributed by atoms with Crippen molar-refractivity contribution in [3.8, 4) is 5.75 Å². The zero-order chi connectivity index (χ0) is 24.0. The van der Waals surface area contributed by atoms with Crippen LogP contribution in [0, 0.1) is 6.92 Å². The molecule has 0 atom stereocenters. The van der Waals surface area contributed by atoms with Crippen molar-refractivity contribution < 1.29 is 37.8 Å². The number of halogens is 3. The van der Waals surface area contributed by atoms with Crippen LogP contribution in [0.25, 0.3) is 11.0 Å². The van der Waals surface area contributed by atoms with Crippen molar-refractivity contribution in [3.63, 3.8) is 0 Å². The van der Waals surface area contributed by atoms with Gasteiger partial charge in [0.05, 0.1) is 34.9 Å². The predicted octanol–water partition coefficient (Wildman–Crippen LogP) is 5.67. The normalized spacial score (nSPS) is 11.7. The fourth-order valence-electron chi connectivity index (χ4n) is 2.74. The summed E-state index contributed by atoms with van der Waals surface area (Å²) in [6.45, 7) is 3.47. The van der Waals surface area contributed by atoms with E-state index >= 15 is 0 Å². The van der Waals surface area contributed by atoms with Crippen LogP contribution in [0.3, 0.4) is 0 Å². The Morgan fingerprint density at radius 2 is 2.00 bits per heavy atom. The average molecular weight is 488 g/mol. The lowest BCUT2D eigenvalue weighted by Crippen LogP contribution is -2.19. The second-order valence-electron chi connectivity index (χ2n) is 7.13. The monoisotopic (exact) mass is 487 g/mol. The first-order valence-corrected chi connectivity index (χ1v) is 10.6. The molecule has 0 aliphatic heterocycles. The maximum atomic E-state index is 12.4. The number of aromatic nitrogens is 3. The second-order valence-corrected chi connectivity index (χ2v) is 7.90. The first kappa shape index (κ1) is 24.6. The number of fused-ring (bicyclic) bond motifs is 1. The van der Waals surface area contributed by atoms with Crippen LogP contribution in [0.15, 0.2) is 41.7 Å². The third-order valence-electron chi connectivity index (χ3n) is 4.24. The lowest BCUT2D eigenvalue weighted by molar-refractivity contribution is -0.153. The van der Waals surface area contributed by atoms with E-state index < -0.39 is 18.9 Å². The summed E-state index contributed by atoms with van der Waals surface area (Å²) in [6.07, 6.45) is -4.22. The van der Waals surface area contributed by atoms with E-state index in [4.69, 9.17) is 18.4 Å². The molecule has 2 aromatic heterocycles. The van der Waals surface area contributed by atoms with Crippen molar-refractivity contribution in [2.24, 2.45) is 0 Å². The van der Waals surface area contributed by atoms with E-state index in [-0.39, 0.29) is 26.6 Å². The highest BCUT2D eigenvalue weighted by atomic mass is 32.2. The molecular formula is C21H24F3N3O5S. The summed E-state index contributed by atoms with van der Waals surface area (Å²) < 4.78 is 59.6. The molecule has 2 heterocycles. The van der Waals surface area contributed by atoms with Gasteiger partial charge in [-0.15, -0.1) is 0 Å². The Hall–Kier alpha value is -2.99. The first-order chi connectivity index (χ1) is 15.6. The summed E-state index contributed by atoms with van der Waals surface area (Å²) in [5, 5.41) is 0.413. The van der Waals surface area contributed by atoms with Gasteiger partial charge in [-0.05, 0) is 39.0 Å². The molecule has 0 aliphatic rings. The molecule has 0 saturated carbocycles. The number of nitrogens with zero attached hydrogens (tertiary/aromatic N) is 3. The van der Waals surface area contributed by atoms with E-state index in [1.165, 1.54) is 12.3 Å². The zero-order valence-corrected chi connectivity index (χ0v) is 18.9. The van der Waals surface area contributed by atoms with Crippen molar-refractivity contribution in [2.45, 2.75) is 51.5 Å². The number of ether oxygens (including phenoxy) is 3. The highest BCUT2D eigenvalue weighted by Gasteiger charge is 2.29. The number of benzene rings is 1. The maximum absolute atomic E-state index is 12.4. The molecule has 0 bridgehead atoms. The molecule has 0 spiro atoms. The Bertz CT molecular complexity index is 1110. The molecule has 1 aromatic carbocycles. The van der Waals surface area contributed by atoms with Crippen LogP contribution in [0.5, 0.6) is 5.75 Å². The number of imidazole rings is 1. The Kier molecular flexibility index (Phi) is 8.03. The van der Waals surface area contributed by atoms with Gasteiger partial charge in [-0.25, -0.2) is 9.78 Å². The van der Waals surface area contributed by atoms with E-state index in [0.717, 1.165) is 17.6 Å². The van der Waals surface area contributed by atoms with Gasteiger partial charge in [0, 0.05) is 13.2 Å². The van der Waals surface area contributed by atoms with Crippen molar-refractivity contribution in [3.05, 3.63) is 47.8 Å². The molecule has 0 unspecified atom stereocenters. The average Bonchev–Trinajstić information content (AvgIpc) is 3.09. The molecule has 0 fully saturated rings. The van der Waals surface area contributed by atoms with E-state index in [9.17, 15) is 18.0 Å². The Balaban J connectivity index is 0.00000408. The number of rotatable bonds is 9. The SMILES string of the molecule is Cc1c(OCC(F)(F)F)ccnc1COSc1nc2ccccc2n1COC(=O)OC(C)C.[HH]. The van der Waals surface area contributed by atoms with Gasteiger partial charge in [0.1, 0.15) is 12.4 Å². The number of alkyl halides is 3. The smallest absolute Gasteiger partial charge is 0.484 e. The molecule has 0 aliphatic carbocycles. The van der Waals surface area contributed by atoms with Gasteiger partial charge in [-0.1, -0.05) is 12.1 Å². The van der Waals surface area contributed by atoms with Gasteiger partial charge in [0.25, 0.3) is 0 Å². The third-order valence-corrected chi connectivity index (χ3v) is 4.94. The van der Waals surface area contributed by atoms with Gasteiger partial charge >= 0.3 is 12.3 Å². The lowest BCUT2D eigenvalue weighted by Gasteiger charge is -2.13. The highest BCUT2D eigenvalue weighted by Crippen LogP contribution is 2.28. The minimum Gasteiger partial charge on any atom is -0.484 e. The molecule has 0 amide bonds. The first-order valence-electron chi connectivity index (χ1n) is 9.86. The van der Waals surface area contributed by atoms with Crippen LogP contribution in [-0.2, 0) is 27.0 Å². The van der Waals surface area contributed by atoms with Crippen molar-refractivity contribution in [2.75, 3.05) is 6.61 Å². The molecule has 180 valence electrons. The quantitative estimate of drug-likeness (QED) is 0.282. The van der Waals surface area contributed by atoms with Gasteiger partial charge in [0.15, 0.2) is 18.5 Å². The van der Waals surface area contributed by atoms with Crippen LogP contribution in [0.2, 0.25) is 0 Å². The Morgan fingerprint density at radius 3 is 2.73 bits per heavy atom. The fraction of sp³-hybridized carbons (Fsp3) is 0.381. The number of carbonyl (C=O) groups excluding carboxylic acids is 1. The largest absolute Gasteiger partial charge is 0.510 e. The molecule has 0 saturated heterocycles. The van der Waals surface area contributed by atoms with E-state index in [1.807, 2.05) is 18.2 Å². The number of hydrogen-bond donors (Lipinski definition) is 0. The fourth-order valence-corrected chi connectivity index (χ4v) is 3.40. The minimum atomic E-state index is -4.44. The van der Waals surface area contributed by atoms with Crippen molar-refractivity contribution in [1.29, 1.82) is 0 Å². The van der Waals surface area contributed by atoms with Crippen LogP contribution in [0.4, 0.5) is 18.0 Å². The summed E-state index contributed by atoms with van der Waals surface area (Å²) in [5.41, 5.74) is 2.25. The number of carbonyl (C=O) groups is 1. The van der Waals surface area contributed by atoms with Crippen LogP contribution in [-0.4, -0.2) is 39.6 Å². The van der Waals surface area contributed by atoms with Gasteiger partial charge in [0.2, 0.25) is 0 Å². The number of para-hydroxylation sites is 2. The molecule has 33 heavy (non-hydrogen) atoms. The van der Waals surface area contributed by atoms with Crippen molar-refractivity contribution >= 4 is 29.2 Å². The van der Waals surface area contributed by atoms with E-state index in [2.05, 4.69) is 9.97 Å². The van der Waals surface area contributed by atoms with Gasteiger partial charge in [-0.3, -0.25) is 9.55 Å². The predicted molar refractivity (Wildman–Crippen MR) is 116 cm³/mol. The minimum absolute atomic E-state index is 0. The van der Waals surface area contributed by atoms with Crippen LogP contribution >= 0.6 is 12.0 Å². The van der Waals surface area contributed by atoms with Crippen LogP contribution < -0.4 is 4.74 Å².